The predicted molar refractivity (Wildman–Crippen MR) is 65.2 cm³/mol. The van der Waals surface area contributed by atoms with Gasteiger partial charge in [0.05, 0.1) is 6.10 Å². The fourth-order valence-electron chi connectivity index (χ4n) is 1.52. The van der Waals surface area contributed by atoms with Gasteiger partial charge in [-0.15, -0.1) is 0 Å². The van der Waals surface area contributed by atoms with Crippen LogP contribution < -0.4 is 9.47 Å². The van der Waals surface area contributed by atoms with E-state index in [0.29, 0.717) is 6.10 Å². The fourth-order valence-corrected chi connectivity index (χ4v) is 1.52. The van der Waals surface area contributed by atoms with Crippen LogP contribution in [0.1, 0.15) is 39.2 Å². The van der Waals surface area contributed by atoms with Gasteiger partial charge in [-0.2, -0.15) is 0 Å². The molecule has 2 heteroatoms. The summed E-state index contributed by atoms with van der Waals surface area (Å²) in [5, 5.41) is 0. The second-order valence-electron chi connectivity index (χ2n) is 5.46. The molecule has 1 aromatic carbocycles. The molecule has 0 N–H and O–H groups in total. The Morgan fingerprint density at radius 3 is 2.38 bits per heavy atom. The van der Waals surface area contributed by atoms with Gasteiger partial charge in [-0.25, -0.2) is 0 Å². The molecule has 0 saturated heterocycles. The number of benzene rings is 1. The Bertz CT molecular complexity index is 373. The highest BCUT2D eigenvalue weighted by Gasteiger charge is 2.23. The van der Waals surface area contributed by atoms with Crippen LogP contribution in [0, 0.1) is 6.92 Å². The first kappa shape index (κ1) is 11.3. The molecule has 0 radical (unpaired) electrons. The van der Waals surface area contributed by atoms with E-state index in [0.717, 1.165) is 17.1 Å². The molecule has 1 saturated carbocycles. The standard InChI is InChI=1S/C14H20O2/c1-10-9-12(15-11-5-6-11)7-8-13(10)16-14(2,3)4/h7-9,11H,5-6H2,1-4H3. The Balaban J connectivity index is 2.09. The number of ether oxygens (including phenoxy) is 2. The fraction of sp³-hybridized carbons (Fsp3) is 0.571. The lowest BCUT2D eigenvalue weighted by Crippen LogP contribution is -2.23. The smallest absolute Gasteiger partial charge is 0.123 e. The van der Waals surface area contributed by atoms with E-state index in [-0.39, 0.29) is 5.60 Å². The molecule has 0 unspecified atom stereocenters. The zero-order valence-electron chi connectivity index (χ0n) is 10.5. The highest BCUT2D eigenvalue weighted by Crippen LogP contribution is 2.31. The molecule has 1 aliphatic rings. The Morgan fingerprint density at radius 1 is 1.19 bits per heavy atom. The molecule has 1 aliphatic carbocycles. The van der Waals surface area contributed by atoms with Gasteiger partial charge >= 0.3 is 0 Å². The number of rotatable bonds is 3. The molecule has 16 heavy (non-hydrogen) atoms. The van der Waals surface area contributed by atoms with Gasteiger partial charge < -0.3 is 9.47 Å². The minimum Gasteiger partial charge on any atom is -0.490 e. The lowest BCUT2D eigenvalue weighted by molar-refractivity contribution is 0.129. The molecule has 0 aliphatic heterocycles. The molecule has 88 valence electrons. The van der Waals surface area contributed by atoms with Crippen molar-refractivity contribution in [1.29, 1.82) is 0 Å². The van der Waals surface area contributed by atoms with Gasteiger partial charge in [-0.3, -0.25) is 0 Å². The molecule has 0 heterocycles. The van der Waals surface area contributed by atoms with E-state index in [1.165, 1.54) is 12.8 Å². The number of hydrogen-bond acceptors (Lipinski definition) is 2. The van der Waals surface area contributed by atoms with Crippen LogP contribution in [0.15, 0.2) is 18.2 Å². The molecule has 0 amide bonds. The van der Waals surface area contributed by atoms with Gasteiger partial charge in [0.15, 0.2) is 0 Å². The number of hydrogen-bond donors (Lipinski definition) is 0. The number of aryl methyl sites for hydroxylation is 1. The van der Waals surface area contributed by atoms with Crippen molar-refractivity contribution in [1.82, 2.24) is 0 Å². The maximum atomic E-state index is 5.85. The first-order chi connectivity index (χ1) is 7.44. The van der Waals surface area contributed by atoms with Crippen LogP contribution in [0.4, 0.5) is 0 Å². The van der Waals surface area contributed by atoms with Gasteiger partial charge in [-0.1, -0.05) is 0 Å². The molecule has 2 rings (SSSR count). The van der Waals surface area contributed by atoms with Gasteiger partial charge in [0, 0.05) is 0 Å². The highest BCUT2D eigenvalue weighted by molar-refractivity contribution is 5.39. The average molecular weight is 220 g/mol. The Hall–Kier alpha value is -1.18. The summed E-state index contributed by atoms with van der Waals surface area (Å²) in [7, 11) is 0. The largest absolute Gasteiger partial charge is 0.490 e. The van der Waals surface area contributed by atoms with Crippen molar-refractivity contribution >= 4 is 0 Å². The summed E-state index contributed by atoms with van der Waals surface area (Å²) in [6.45, 7) is 8.23. The first-order valence-electron chi connectivity index (χ1n) is 5.90. The maximum Gasteiger partial charge on any atom is 0.123 e. The van der Waals surface area contributed by atoms with Crippen molar-refractivity contribution in [2.45, 2.75) is 52.2 Å². The van der Waals surface area contributed by atoms with Crippen LogP contribution in [0.25, 0.3) is 0 Å². The van der Waals surface area contributed by atoms with Crippen LogP contribution in [-0.2, 0) is 0 Å². The molecule has 0 bridgehead atoms. The monoisotopic (exact) mass is 220 g/mol. The summed E-state index contributed by atoms with van der Waals surface area (Å²) >= 11 is 0. The molecule has 1 aromatic rings. The third kappa shape index (κ3) is 3.16. The van der Waals surface area contributed by atoms with Crippen molar-refractivity contribution in [3.8, 4) is 11.5 Å². The molecule has 0 aromatic heterocycles. The summed E-state index contributed by atoms with van der Waals surface area (Å²) < 4.78 is 11.6. The molecule has 0 atom stereocenters. The minimum absolute atomic E-state index is 0.149. The van der Waals surface area contributed by atoms with Crippen LogP contribution in [0.5, 0.6) is 11.5 Å². The highest BCUT2D eigenvalue weighted by atomic mass is 16.5. The van der Waals surface area contributed by atoms with Crippen LogP contribution >= 0.6 is 0 Å². The molecule has 2 nitrogen and oxygen atoms in total. The Morgan fingerprint density at radius 2 is 1.88 bits per heavy atom. The second kappa shape index (κ2) is 4.00. The van der Waals surface area contributed by atoms with E-state index < -0.39 is 0 Å². The van der Waals surface area contributed by atoms with E-state index in [9.17, 15) is 0 Å². The third-order valence-corrected chi connectivity index (χ3v) is 2.39. The molecule has 0 spiro atoms. The maximum absolute atomic E-state index is 5.85. The van der Waals surface area contributed by atoms with E-state index >= 15 is 0 Å². The Labute approximate surface area is 97.6 Å². The molecular formula is C14H20O2. The summed E-state index contributed by atoms with van der Waals surface area (Å²) in [6.07, 6.45) is 2.84. The predicted octanol–water partition coefficient (Wildman–Crippen LogP) is 3.71. The van der Waals surface area contributed by atoms with E-state index in [1.54, 1.807) is 0 Å². The van der Waals surface area contributed by atoms with E-state index in [2.05, 4.69) is 33.8 Å². The topological polar surface area (TPSA) is 18.5 Å². The van der Waals surface area contributed by atoms with Crippen molar-refractivity contribution < 1.29 is 9.47 Å². The van der Waals surface area contributed by atoms with Gasteiger partial charge in [0.25, 0.3) is 0 Å². The molecular weight excluding hydrogens is 200 g/mol. The van der Waals surface area contributed by atoms with Crippen molar-refractivity contribution in [2.75, 3.05) is 0 Å². The lowest BCUT2D eigenvalue weighted by atomic mass is 10.1. The van der Waals surface area contributed by atoms with Gasteiger partial charge in [0.1, 0.15) is 17.1 Å². The zero-order chi connectivity index (χ0) is 11.8. The first-order valence-corrected chi connectivity index (χ1v) is 5.90. The van der Waals surface area contributed by atoms with Gasteiger partial charge in [-0.05, 0) is 64.3 Å². The second-order valence-corrected chi connectivity index (χ2v) is 5.46. The average Bonchev–Trinajstić information content (AvgIpc) is 2.92. The zero-order valence-corrected chi connectivity index (χ0v) is 10.5. The van der Waals surface area contributed by atoms with Crippen molar-refractivity contribution in [3.05, 3.63) is 23.8 Å². The van der Waals surface area contributed by atoms with E-state index in [4.69, 9.17) is 9.47 Å². The van der Waals surface area contributed by atoms with Crippen LogP contribution in [0.2, 0.25) is 0 Å². The van der Waals surface area contributed by atoms with Crippen LogP contribution in [-0.4, -0.2) is 11.7 Å². The summed E-state index contributed by atoms with van der Waals surface area (Å²) in [5.41, 5.74) is 0.983. The van der Waals surface area contributed by atoms with Crippen molar-refractivity contribution in [3.63, 3.8) is 0 Å². The third-order valence-electron chi connectivity index (χ3n) is 2.39. The van der Waals surface area contributed by atoms with Crippen molar-refractivity contribution in [2.24, 2.45) is 0 Å². The normalized spacial score (nSPS) is 16.0. The Kier molecular flexibility index (Phi) is 2.83. The SMILES string of the molecule is Cc1cc(OC2CC2)ccc1OC(C)(C)C. The summed E-state index contributed by atoms with van der Waals surface area (Å²) in [5.74, 6) is 1.90. The molecule has 1 fully saturated rings. The van der Waals surface area contributed by atoms with Crippen LogP contribution in [0.3, 0.4) is 0 Å². The lowest BCUT2D eigenvalue weighted by Gasteiger charge is -2.22. The summed E-state index contributed by atoms with van der Waals surface area (Å²) in [6, 6.07) is 6.05. The van der Waals surface area contributed by atoms with E-state index in [1.807, 2.05) is 12.1 Å². The quantitative estimate of drug-likeness (QED) is 0.773. The summed E-state index contributed by atoms with van der Waals surface area (Å²) in [4.78, 5) is 0. The van der Waals surface area contributed by atoms with Gasteiger partial charge in [0.2, 0.25) is 0 Å². The minimum atomic E-state index is -0.149.